The van der Waals surface area contributed by atoms with E-state index in [9.17, 15) is 14.0 Å². The minimum atomic E-state index is -0.380. The molecule has 18 heavy (non-hydrogen) atoms. The molecule has 0 spiro atoms. The van der Waals surface area contributed by atoms with Crippen LogP contribution in [0, 0.1) is 5.82 Å². The monoisotopic (exact) mass is 263 g/mol. The van der Waals surface area contributed by atoms with Gasteiger partial charge in [0.05, 0.1) is 4.91 Å². The number of nitrogens with zero attached hydrogens (tertiary/aromatic N) is 1. The number of carbonyl (C=O) groups excluding carboxylic acids is 2. The van der Waals surface area contributed by atoms with Crippen molar-refractivity contribution in [3.8, 4) is 0 Å². The van der Waals surface area contributed by atoms with Crippen molar-refractivity contribution in [2.24, 2.45) is 0 Å². The minimum absolute atomic E-state index is 0.186. The highest BCUT2D eigenvalue weighted by atomic mass is 32.2. The van der Waals surface area contributed by atoms with E-state index in [1.165, 1.54) is 24.3 Å². The number of hydrogen-bond donors (Lipinski definition) is 0. The van der Waals surface area contributed by atoms with Crippen LogP contribution in [-0.2, 0) is 4.79 Å². The predicted octanol–water partition coefficient (Wildman–Crippen LogP) is 3.05. The smallest absolute Gasteiger partial charge is 0.268 e. The molecule has 0 N–H and O–H groups in total. The van der Waals surface area contributed by atoms with E-state index < -0.39 is 0 Å². The Kier molecular flexibility index (Phi) is 3.62. The van der Waals surface area contributed by atoms with Gasteiger partial charge in [-0.05, 0) is 35.5 Å². The van der Waals surface area contributed by atoms with Gasteiger partial charge in [-0.2, -0.15) is 0 Å². The van der Waals surface area contributed by atoms with E-state index >= 15 is 0 Å². The second-order valence-corrected chi connectivity index (χ2v) is 4.63. The Hall–Kier alpha value is -1.88. The van der Waals surface area contributed by atoms with Gasteiger partial charge < -0.3 is 0 Å². The zero-order valence-electron chi connectivity index (χ0n) is 9.43. The van der Waals surface area contributed by atoms with Crippen molar-refractivity contribution in [2.45, 2.75) is 0 Å². The normalized spacial score (nSPS) is 17.6. The predicted molar refractivity (Wildman–Crippen MR) is 69.3 cm³/mol. The zero-order chi connectivity index (χ0) is 13.1. The Balaban J connectivity index is 2.27. The molecule has 5 heteroatoms. The van der Waals surface area contributed by atoms with Gasteiger partial charge in [0.15, 0.2) is 0 Å². The maximum atomic E-state index is 13.0. The lowest BCUT2D eigenvalue weighted by Gasteiger charge is -2.07. The molecule has 1 saturated heterocycles. The molecule has 2 rings (SSSR count). The average molecular weight is 263 g/mol. The number of hydrogen-bond acceptors (Lipinski definition) is 3. The van der Waals surface area contributed by atoms with Gasteiger partial charge in [-0.15, -0.1) is 6.58 Å². The largest absolute Gasteiger partial charge is 0.293 e. The third-order valence-electron chi connectivity index (χ3n) is 2.33. The maximum absolute atomic E-state index is 13.0. The summed E-state index contributed by atoms with van der Waals surface area (Å²) in [6, 6.07) is 5.85. The first-order valence-corrected chi connectivity index (χ1v) is 6.05. The van der Waals surface area contributed by atoms with Crippen molar-refractivity contribution in [2.75, 3.05) is 6.54 Å². The first-order valence-electron chi connectivity index (χ1n) is 5.23. The molecule has 1 aliphatic heterocycles. The highest BCUT2D eigenvalue weighted by molar-refractivity contribution is 8.18. The van der Waals surface area contributed by atoms with Crippen LogP contribution in [0.15, 0.2) is 41.8 Å². The van der Waals surface area contributed by atoms with Gasteiger partial charge in [-0.25, -0.2) is 4.39 Å². The van der Waals surface area contributed by atoms with E-state index in [4.69, 9.17) is 0 Å². The summed E-state index contributed by atoms with van der Waals surface area (Å²) in [5.41, 5.74) is 0.555. The molecule has 1 heterocycles. The number of thioether (sulfide) groups is 1. The first kappa shape index (κ1) is 12.6. The SMILES string of the molecule is C=CCN1C(=O)S/C(=C/c2cccc(F)c2)C1=O. The van der Waals surface area contributed by atoms with Crippen molar-refractivity contribution < 1.29 is 14.0 Å². The Bertz CT molecular complexity index is 554. The van der Waals surface area contributed by atoms with Crippen LogP contribution < -0.4 is 0 Å². The lowest BCUT2D eigenvalue weighted by atomic mass is 10.2. The molecule has 0 radical (unpaired) electrons. The van der Waals surface area contributed by atoms with E-state index in [-0.39, 0.29) is 23.5 Å². The quantitative estimate of drug-likeness (QED) is 0.621. The zero-order valence-corrected chi connectivity index (χ0v) is 10.2. The minimum Gasteiger partial charge on any atom is -0.268 e. The van der Waals surface area contributed by atoms with E-state index in [0.29, 0.717) is 10.5 Å². The Labute approximate surface area is 108 Å². The molecule has 0 atom stereocenters. The molecule has 1 aromatic rings. The third-order valence-corrected chi connectivity index (χ3v) is 3.24. The molecule has 0 aromatic heterocycles. The van der Waals surface area contributed by atoms with E-state index in [0.717, 1.165) is 16.7 Å². The van der Waals surface area contributed by atoms with Crippen molar-refractivity contribution in [1.82, 2.24) is 4.90 Å². The number of carbonyl (C=O) groups is 2. The number of imide groups is 1. The van der Waals surface area contributed by atoms with Crippen molar-refractivity contribution in [3.05, 3.63) is 53.2 Å². The van der Waals surface area contributed by atoms with Gasteiger partial charge in [0.25, 0.3) is 11.1 Å². The number of halogens is 1. The summed E-state index contributed by atoms with van der Waals surface area (Å²) < 4.78 is 13.0. The third kappa shape index (κ3) is 2.51. The molecule has 2 amide bonds. The van der Waals surface area contributed by atoms with Crippen molar-refractivity contribution in [1.29, 1.82) is 0 Å². The van der Waals surface area contributed by atoms with Gasteiger partial charge in [-0.1, -0.05) is 18.2 Å². The van der Waals surface area contributed by atoms with Gasteiger partial charge in [0.2, 0.25) is 0 Å². The van der Waals surface area contributed by atoms with Gasteiger partial charge in [-0.3, -0.25) is 14.5 Å². The molecule has 1 fully saturated rings. The standard InChI is InChI=1S/C13H10FNO2S/c1-2-6-15-12(16)11(18-13(15)17)8-9-4-3-5-10(14)7-9/h2-5,7-8H,1,6H2/b11-8+. The van der Waals surface area contributed by atoms with Crippen LogP contribution in [0.4, 0.5) is 9.18 Å². The number of rotatable bonds is 3. The van der Waals surface area contributed by atoms with E-state index in [1.807, 2.05) is 0 Å². The van der Waals surface area contributed by atoms with Crippen LogP contribution in [0.1, 0.15) is 5.56 Å². The highest BCUT2D eigenvalue weighted by Crippen LogP contribution is 2.31. The molecule has 0 unspecified atom stereocenters. The highest BCUT2D eigenvalue weighted by Gasteiger charge is 2.33. The fourth-order valence-electron chi connectivity index (χ4n) is 1.53. The molecular weight excluding hydrogens is 253 g/mol. The summed E-state index contributed by atoms with van der Waals surface area (Å²) in [5, 5.41) is -0.331. The summed E-state index contributed by atoms with van der Waals surface area (Å²) >= 11 is 0.851. The molecule has 1 aliphatic rings. The lowest BCUT2D eigenvalue weighted by Crippen LogP contribution is -2.27. The fraction of sp³-hybridized carbons (Fsp3) is 0.0769. The molecular formula is C13H10FNO2S. The van der Waals surface area contributed by atoms with E-state index in [2.05, 4.69) is 6.58 Å². The van der Waals surface area contributed by atoms with Crippen molar-refractivity contribution >= 4 is 29.0 Å². The summed E-state index contributed by atoms with van der Waals surface area (Å²) in [4.78, 5) is 24.8. The van der Waals surface area contributed by atoms with Gasteiger partial charge >= 0.3 is 0 Å². The van der Waals surface area contributed by atoms with Crippen LogP contribution in [0.5, 0.6) is 0 Å². The van der Waals surface area contributed by atoms with E-state index in [1.54, 1.807) is 12.1 Å². The molecule has 3 nitrogen and oxygen atoms in total. The summed E-state index contributed by atoms with van der Waals surface area (Å²) in [5.74, 6) is -0.747. The lowest BCUT2D eigenvalue weighted by molar-refractivity contribution is -0.122. The second kappa shape index (κ2) is 5.18. The van der Waals surface area contributed by atoms with Gasteiger partial charge in [0, 0.05) is 6.54 Å². The maximum Gasteiger partial charge on any atom is 0.293 e. The molecule has 92 valence electrons. The average Bonchev–Trinajstić information content (AvgIpc) is 2.57. The summed E-state index contributed by atoms with van der Waals surface area (Å²) in [7, 11) is 0. The topological polar surface area (TPSA) is 37.4 Å². The van der Waals surface area contributed by atoms with Crippen LogP contribution in [0.25, 0.3) is 6.08 Å². The number of benzene rings is 1. The first-order chi connectivity index (χ1) is 8.61. The molecule has 0 bridgehead atoms. The Morgan fingerprint density at radius 2 is 2.17 bits per heavy atom. The summed E-state index contributed by atoms with van der Waals surface area (Å²) in [6.07, 6.45) is 3.00. The number of amides is 2. The fourth-order valence-corrected chi connectivity index (χ4v) is 2.38. The Morgan fingerprint density at radius 1 is 1.39 bits per heavy atom. The molecule has 0 saturated carbocycles. The molecule has 1 aromatic carbocycles. The summed E-state index contributed by atoms with van der Waals surface area (Å²) in [6.45, 7) is 3.67. The van der Waals surface area contributed by atoms with Crippen LogP contribution in [0.3, 0.4) is 0 Å². The molecule has 0 aliphatic carbocycles. The Morgan fingerprint density at radius 3 is 2.83 bits per heavy atom. The van der Waals surface area contributed by atoms with Gasteiger partial charge in [0.1, 0.15) is 5.82 Å². The van der Waals surface area contributed by atoms with Crippen molar-refractivity contribution in [3.63, 3.8) is 0 Å². The second-order valence-electron chi connectivity index (χ2n) is 3.64. The van der Waals surface area contributed by atoms with Crippen LogP contribution in [0.2, 0.25) is 0 Å². The van der Waals surface area contributed by atoms with Crippen LogP contribution in [-0.4, -0.2) is 22.6 Å². The van der Waals surface area contributed by atoms with Crippen LogP contribution >= 0.6 is 11.8 Å².